The number of anilines is 1. The molecular weight excluding hydrogens is 440 g/mol. The van der Waals surface area contributed by atoms with Gasteiger partial charge in [-0.3, -0.25) is 10.1 Å². The molecule has 0 aliphatic rings. The lowest BCUT2D eigenvalue weighted by Crippen LogP contribution is -2.34. The summed E-state index contributed by atoms with van der Waals surface area (Å²) >= 11 is 6.00. The number of carbonyl (C=O) groups is 2. The largest absolute Gasteiger partial charge is 0.447 e. The molecule has 9 heteroatoms. The van der Waals surface area contributed by atoms with Crippen molar-refractivity contribution >= 4 is 40.2 Å². The number of aryl methyl sites for hydroxylation is 1. The van der Waals surface area contributed by atoms with E-state index in [0.717, 1.165) is 5.39 Å². The van der Waals surface area contributed by atoms with E-state index in [9.17, 15) is 18.4 Å². The Morgan fingerprint density at radius 3 is 2.59 bits per heavy atom. The average Bonchev–Trinajstić information content (AvgIpc) is 2.75. The first-order chi connectivity index (χ1) is 15.4. The third kappa shape index (κ3) is 6.37. The normalized spacial score (nSPS) is 10.8. The van der Waals surface area contributed by atoms with Gasteiger partial charge in [-0.1, -0.05) is 17.7 Å². The first-order valence-corrected chi connectivity index (χ1v) is 10.4. The van der Waals surface area contributed by atoms with E-state index < -0.39 is 11.9 Å². The van der Waals surface area contributed by atoms with Gasteiger partial charge in [0.05, 0.1) is 6.54 Å². The number of pyridine rings is 1. The van der Waals surface area contributed by atoms with Crippen LogP contribution in [0.1, 0.15) is 18.9 Å². The standard InChI is InChI=1S/C23H22ClF2N3O3/c1-2-29(22(30)8-5-15-3-6-19(26)13-20(15)24)9-10-32-23(31)28-21-12-17-11-18(25)7-4-16(17)14-27-21/h3-4,6-7,11-14H,2,5,8-10H2,1H3,(H,27,28,31). The van der Waals surface area contributed by atoms with Crippen LogP contribution in [0.5, 0.6) is 0 Å². The van der Waals surface area contributed by atoms with Crippen LogP contribution in [0.15, 0.2) is 48.7 Å². The Bertz CT molecular complexity index is 1130. The van der Waals surface area contributed by atoms with Crippen LogP contribution in [-0.4, -0.2) is 41.6 Å². The first kappa shape index (κ1) is 23.4. The minimum atomic E-state index is -0.727. The molecule has 6 nitrogen and oxygen atoms in total. The Morgan fingerprint density at radius 2 is 1.84 bits per heavy atom. The summed E-state index contributed by atoms with van der Waals surface area (Å²) in [5, 5.41) is 4.11. The van der Waals surface area contributed by atoms with E-state index >= 15 is 0 Å². The van der Waals surface area contributed by atoms with Gasteiger partial charge in [0.1, 0.15) is 24.1 Å². The summed E-state index contributed by atoms with van der Waals surface area (Å²) in [4.78, 5) is 30.1. The van der Waals surface area contributed by atoms with Crippen molar-refractivity contribution in [1.29, 1.82) is 0 Å². The lowest BCUT2D eigenvalue weighted by Gasteiger charge is -2.21. The van der Waals surface area contributed by atoms with E-state index in [2.05, 4.69) is 10.3 Å². The first-order valence-electron chi connectivity index (χ1n) is 10.1. The number of fused-ring (bicyclic) bond motifs is 1. The molecule has 1 N–H and O–H groups in total. The second-order valence-electron chi connectivity index (χ2n) is 7.03. The number of rotatable bonds is 8. The zero-order valence-electron chi connectivity index (χ0n) is 17.4. The van der Waals surface area contributed by atoms with E-state index in [1.165, 1.54) is 30.5 Å². The maximum absolute atomic E-state index is 13.4. The maximum Gasteiger partial charge on any atom is 0.412 e. The van der Waals surface area contributed by atoms with E-state index in [0.29, 0.717) is 23.9 Å². The zero-order chi connectivity index (χ0) is 23.1. The SMILES string of the molecule is CCN(CCOC(=O)Nc1cc2cc(F)ccc2cn1)C(=O)CCc1ccc(F)cc1Cl. The topological polar surface area (TPSA) is 71.5 Å². The van der Waals surface area contributed by atoms with Crippen LogP contribution in [0.25, 0.3) is 10.8 Å². The predicted molar refractivity (Wildman–Crippen MR) is 119 cm³/mol. The molecule has 3 rings (SSSR count). The number of nitrogens with one attached hydrogen (secondary N) is 1. The highest BCUT2D eigenvalue weighted by atomic mass is 35.5. The molecular formula is C23H22ClF2N3O3. The zero-order valence-corrected chi connectivity index (χ0v) is 18.2. The fraction of sp³-hybridized carbons (Fsp3) is 0.261. The summed E-state index contributed by atoms with van der Waals surface area (Å²) in [5.41, 5.74) is 0.691. The van der Waals surface area contributed by atoms with Gasteiger partial charge in [-0.2, -0.15) is 0 Å². The second-order valence-corrected chi connectivity index (χ2v) is 7.44. The Kier molecular flexibility index (Phi) is 7.94. The number of amides is 2. The van der Waals surface area contributed by atoms with Crippen LogP contribution in [0.3, 0.4) is 0 Å². The Morgan fingerprint density at radius 1 is 1.09 bits per heavy atom. The van der Waals surface area contributed by atoms with Crippen LogP contribution in [0, 0.1) is 11.6 Å². The van der Waals surface area contributed by atoms with E-state index in [1.807, 2.05) is 6.92 Å². The monoisotopic (exact) mass is 461 g/mol. The van der Waals surface area contributed by atoms with Crippen LogP contribution in [0.4, 0.5) is 19.4 Å². The highest BCUT2D eigenvalue weighted by Gasteiger charge is 2.14. The molecule has 1 heterocycles. The number of benzene rings is 2. The van der Waals surface area contributed by atoms with Crippen molar-refractivity contribution in [2.45, 2.75) is 19.8 Å². The number of carbonyl (C=O) groups excluding carboxylic acids is 2. The van der Waals surface area contributed by atoms with Crippen molar-refractivity contribution in [3.63, 3.8) is 0 Å². The summed E-state index contributed by atoms with van der Waals surface area (Å²) < 4.78 is 31.6. The maximum atomic E-state index is 13.4. The lowest BCUT2D eigenvalue weighted by atomic mass is 10.1. The van der Waals surface area contributed by atoms with Crippen molar-refractivity contribution in [2.24, 2.45) is 0 Å². The number of hydrogen-bond donors (Lipinski definition) is 1. The smallest absolute Gasteiger partial charge is 0.412 e. The molecule has 0 fully saturated rings. The third-order valence-electron chi connectivity index (χ3n) is 4.87. The molecule has 0 bridgehead atoms. The van der Waals surface area contributed by atoms with Gasteiger partial charge in [0.15, 0.2) is 0 Å². The second kappa shape index (κ2) is 10.9. The molecule has 1 aromatic heterocycles. The molecule has 3 aromatic rings. The van der Waals surface area contributed by atoms with Gasteiger partial charge in [-0.15, -0.1) is 0 Å². The number of nitrogens with zero attached hydrogens (tertiary/aromatic N) is 2. The van der Waals surface area contributed by atoms with E-state index in [-0.39, 0.29) is 42.1 Å². The summed E-state index contributed by atoms with van der Waals surface area (Å²) in [6, 6.07) is 9.90. The summed E-state index contributed by atoms with van der Waals surface area (Å²) in [6.07, 6.45) is 1.37. The fourth-order valence-corrected chi connectivity index (χ4v) is 3.41. The molecule has 0 unspecified atom stereocenters. The van der Waals surface area contributed by atoms with Crippen molar-refractivity contribution in [3.05, 3.63) is 70.9 Å². The molecule has 0 atom stereocenters. The molecule has 32 heavy (non-hydrogen) atoms. The molecule has 2 aromatic carbocycles. The quantitative estimate of drug-likeness (QED) is 0.500. The molecule has 168 valence electrons. The number of hydrogen-bond acceptors (Lipinski definition) is 4. The van der Waals surface area contributed by atoms with Gasteiger partial charge in [0.2, 0.25) is 5.91 Å². The van der Waals surface area contributed by atoms with Crippen LogP contribution in [-0.2, 0) is 16.0 Å². The van der Waals surface area contributed by atoms with Crippen LogP contribution >= 0.6 is 11.6 Å². The Labute approximate surface area is 189 Å². The molecule has 2 amide bonds. The van der Waals surface area contributed by atoms with Gasteiger partial charge >= 0.3 is 6.09 Å². The van der Waals surface area contributed by atoms with Crippen molar-refractivity contribution in [1.82, 2.24) is 9.88 Å². The average molecular weight is 462 g/mol. The molecule has 0 spiro atoms. The van der Waals surface area contributed by atoms with Gasteiger partial charge < -0.3 is 9.64 Å². The van der Waals surface area contributed by atoms with E-state index in [4.69, 9.17) is 16.3 Å². The Hall–Kier alpha value is -3.26. The van der Waals surface area contributed by atoms with E-state index in [1.54, 1.807) is 23.1 Å². The Balaban J connectivity index is 1.46. The van der Waals surface area contributed by atoms with Gasteiger partial charge in [0.25, 0.3) is 0 Å². The van der Waals surface area contributed by atoms with Crippen LogP contribution < -0.4 is 5.32 Å². The molecule has 0 radical (unpaired) electrons. The molecule has 0 aliphatic carbocycles. The molecule has 0 saturated heterocycles. The lowest BCUT2D eigenvalue weighted by molar-refractivity contribution is -0.131. The minimum absolute atomic E-state index is 0.00900. The highest BCUT2D eigenvalue weighted by Crippen LogP contribution is 2.19. The van der Waals surface area contributed by atoms with Crippen molar-refractivity contribution < 1.29 is 23.1 Å². The highest BCUT2D eigenvalue weighted by molar-refractivity contribution is 6.31. The molecule has 0 aliphatic heterocycles. The number of halogens is 3. The summed E-state index contributed by atoms with van der Waals surface area (Å²) in [6.45, 7) is 2.47. The van der Waals surface area contributed by atoms with Crippen LogP contribution in [0.2, 0.25) is 5.02 Å². The summed E-state index contributed by atoms with van der Waals surface area (Å²) in [7, 11) is 0. The molecule has 0 saturated carbocycles. The minimum Gasteiger partial charge on any atom is -0.447 e. The summed E-state index contributed by atoms with van der Waals surface area (Å²) in [5.74, 6) is -0.715. The van der Waals surface area contributed by atoms with Crippen molar-refractivity contribution in [3.8, 4) is 0 Å². The van der Waals surface area contributed by atoms with Gasteiger partial charge in [-0.05, 0) is 60.7 Å². The number of aromatic nitrogens is 1. The number of ether oxygens (including phenoxy) is 1. The van der Waals surface area contributed by atoms with Gasteiger partial charge in [0, 0.05) is 29.6 Å². The third-order valence-corrected chi connectivity index (χ3v) is 5.22. The number of likely N-dealkylation sites (N-methyl/N-ethyl adjacent to an activating group) is 1. The van der Waals surface area contributed by atoms with Crippen molar-refractivity contribution in [2.75, 3.05) is 25.0 Å². The predicted octanol–water partition coefficient (Wildman–Crippen LogP) is 5.20. The fourth-order valence-electron chi connectivity index (χ4n) is 3.15. The van der Waals surface area contributed by atoms with Gasteiger partial charge in [-0.25, -0.2) is 18.6 Å².